The van der Waals surface area contributed by atoms with Gasteiger partial charge in [0.05, 0.1) is 16.3 Å². The molecule has 1 fully saturated rings. The van der Waals surface area contributed by atoms with Crippen molar-refractivity contribution in [3.05, 3.63) is 28.8 Å². The van der Waals surface area contributed by atoms with Gasteiger partial charge in [0.25, 0.3) is 5.91 Å². The molecular weight excluding hydrogens is 268 g/mol. The van der Waals surface area contributed by atoms with Crippen LogP contribution in [0.1, 0.15) is 23.2 Å². The molecule has 3 nitrogen and oxygen atoms in total. The minimum Gasteiger partial charge on any atom is -0.397 e. The Hall–Kier alpha value is -0.870. The first-order chi connectivity index (χ1) is 8.68. The second-order valence-electron chi connectivity index (χ2n) is 4.47. The molecule has 1 aliphatic rings. The van der Waals surface area contributed by atoms with E-state index in [0.717, 1.165) is 6.54 Å². The molecular formula is C13H17ClN2OS. The summed E-state index contributed by atoms with van der Waals surface area (Å²) in [5.41, 5.74) is 6.62. The Balaban J connectivity index is 1.93. The van der Waals surface area contributed by atoms with E-state index in [1.165, 1.54) is 24.3 Å². The number of amides is 1. The third-order valence-corrected chi connectivity index (χ3v) is 4.57. The molecule has 1 heterocycles. The molecule has 0 spiro atoms. The standard InChI is InChI=1S/C13H17ClN2OS/c14-11-3-1-2-10(12(11)15)13(17)16-8-9-4-6-18-7-5-9/h1-3,9H,4-8,15H2,(H,16,17). The van der Waals surface area contributed by atoms with Crippen molar-refractivity contribution in [2.45, 2.75) is 12.8 Å². The maximum Gasteiger partial charge on any atom is 0.253 e. The van der Waals surface area contributed by atoms with Crippen molar-refractivity contribution in [2.24, 2.45) is 5.92 Å². The number of thioether (sulfide) groups is 1. The zero-order chi connectivity index (χ0) is 13.0. The van der Waals surface area contributed by atoms with Crippen LogP contribution in [0.15, 0.2) is 18.2 Å². The lowest BCUT2D eigenvalue weighted by Crippen LogP contribution is -2.31. The second-order valence-corrected chi connectivity index (χ2v) is 6.10. The largest absolute Gasteiger partial charge is 0.397 e. The van der Waals surface area contributed by atoms with E-state index in [1.807, 2.05) is 11.8 Å². The highest BCUT2D eigenvalue weighted by Crippen LogP contribution is 2.24. The molecule has 0 unspecified atom stereocenters. The molecule has 1 aliphatic heterocycles. The Labute approximate surface area is 116 Å². The van der Waals surface area contributed by atoms with Gasteiger partial charge in [-0.25, -0.2) is 0 Å². The number of anilines is 1. The van der Waals surface area contributed by atoms with E-state index in [2.05, 4.69) is 5.32 Å². The van der Waals surface area contributed by atoms with E-state index in [1.54, 1.807) is 18.2 Å². The van der Waals surface area contributed by atoms with Gasteiger partial charge in [-0.05, 0) is 42.4 Å². The third-order valence-electron chi connectivity index (χ3n) is 3.19. The zero-order valence-corrected chi connectivity index (χ0v) is 11.7. The van der Waals surface area contributed by atoms with Crippen molar-refractivity contribution >= 4 is 35.0 Å². The summed E-state index contributed by atoms with van der Waals surface area (Å²) in [5.74, 6) is 2.85. The predicted octanol–water partition coefficient (Wildman–Crippen LogP) is 2.80. The molecule has 1 amide bonds. The highest BCUT2D eigenvalue weighted by molar-refractivity contribution is 7.99. The number of hydrogen-bond acceptors (Lipinski definition) is 3. The molecule has 0 bridgehead atoms. The summed E-state index contributed by atoms with van der Waals surface area (Å²) in [6.45, 7) is 0.728. The fraction of sp³-hybridized carbons (Fsp3) is 0.462. The Morgan fingerprint density at radius 2 is 2.17 bits per heavy atom. The van der Waals surface area contributed by atoms with Crippen LogP contribution in [0.4, 0.5) is 5.69 Å². The van der Waals surface area contributed by atoms with Gasteiger partial charge in [-0.15, -0.1) is 0 Å². The van der Waals surface area contributed by atoms with Crippen molar-refractivity contribution in [2.75, 3.05) is 23.8 Å². The first-order valence-corrected chi connectivity index (χ1v) is 7.61. The number of halogens is 1. The van der Waals surface area contributed by atoms with Gasteiger partial charge in [-0.2, -0.15) is 11.8 Å². The number of carbonyl (C=O) groups excluding carboxylic acids is 1. The first-order valence-electron chi connectivity index (χ1n) is 6.08. The van der Waals surface area contributed by atoms with Gasteiger partial charge in [0.15, 0.2) is 0 Å². The van der Waals surface area contributed by atoms with E-state index in [0.29, 0.717) is 22.2 Å². The van der Waals surface area contributed by atoms with Gasteiger partial charge in [0.1, 0.15) is 0 Å². The molecule has 0 radical (unpaired) electrons. The molecule has 0 atom stereocenters. The lowest BCUT2D eigenvalue weighted by Gasteiger charge is -2.21. The van der Waals surface area contributed by atoms with Crippen molar-refractivity contribution in [3.63, 3.8) is 0 Å². The van der Waals surface area contributed by atoms with Gasteiger partial charge >= 0.3 is 0 Å². The minimum absolute atomic E-state index is 0.131. The highest BCUT2D eigenvalue weighted by atomic mass is 35.5. The molecule has 2 rings (SSSR count). The maximum absolute atomic E-state index is 12.0. The van der Waals surface area contributed by atoms with Gasteiger partial charge in [0.2, 0.25) is 0 Å². The zero-order valence-electron chi connectivity index (χ0n) is 10.1. The number of para-hydroxylation sites is 1. The summed E-state index contributed by atoms with van der Waals surface area (Å²) >= 11 is 7.88. The van der Waals surface area contributed by atoms with E-state index in [9.17, 15) is 4.79 Å². The summed E-state index contributed by atoms with van der Waals surface area (Å²) in [6.07, 6.45) is 2.35. The normalized spacial score (nSPS) is 16.5. The number of benzene rings is 1. The Morgan fingerprint density at radius 1 is 1.44 bits per heavy atom. The summed E-state index contributed by atoms with van der Waals surface area (Å²) in [7, 11) is 0. The number of hydrogen-bond donors (Lipinski definition) is 2. The Kier molecular flexibility index (Phi) is 4.78. The molecule has 0 aliphatic carbocycles. The van der Waals surface area contributed by atoms with Crippen LogP contribution in [0.3, 0.4) is 0 Å². The lowest BCUT2D eigenvalue weighted by atomic mass is 10.0. The topological polar surface area (TPSA) is 55.1 Å². The van der Waals surface area contributed by atoms with Crippen molar-refractivity contribution < 1.29 is 4.79 Å². The summed E-state index contributed by atoms with van der Waals surface area (Å²) in [5, 5.41) is 3.38. The fourth-order valence-corrected chi connectivity index (χ4v) is 3.40. The maximum atomic E-state index is 12.0. The van der Waals surface area contributed by atoms with Crippen LogP contribution in [0.5, 0.6) is 0 Å². The monoisotopic (exact) mass is 284 g/mol. The lowest BCUT2D eigenvalue weighted by molar-refractivity contribution is 0.0947. The van der Waals surface area contributed by atoms with E-state index in [-0.39, 0.29) is 5.91 Å². The van der Waals surface area contributed by atoms with E-state index in [4.69, 9.17) is 17.3 Å². The number of carbonyl (C=O) groups is 1. The Bertz CT molecular complexity index is 433. The molecule has 1 saturated heterocycles. The van der Waals surface area contributed by atoms with Crippen molar-refractivity contribution in [1.29, 1.82) is 0 Å². The second kappa shape index (κ2) is 6.34. The fourth-order valence-electron chi connectivity index (χ4n) is 2.02. The SMILES string of the molecule is Nc1c(Cl)cccc1C(=O)NCC1CCSCC1. The molecule has 3 N–H and O–H groups in total. The number of rotatable bonds is 3. The summed E-state index contributed by atoms with van der Waals surface area (Å²) in [6, 6.07) is 5.13. The molecule has 98 valence electrons. The van der Waals surface area contributed by atoms with Crippen LogP contribution in [-0.4, -0.2) is 24.0 Å². The summed E-state index contributed by atoms with van der Waals surface area (Å²) in [4.78, 5) is 12.0. The molecule has 18 heavy (non-hydrogen) atoms. The van der Waals surface area contributed by atoms with Gasteiger partial charge in [0, 0.05) is 6.54 Å². The molecule has 0 saturated carbocycles. The van der Waals surface area contributed by atoms with E-state index >= 15 is 0 Å². The van der Waals surface area contributed by atoms with Crippen LogP contribution in [0, 0.1) is 5.92 Å². The average molecular weight is 285 g/mol. The van der Waals surface area contributed by atoms with Crippen LogP contribution in [-0.2, 0) is 0 Å². The molecule has 0 aromatic heterocycles. The van der Waals surface area contributed by atoms with Crippen molar-refractivity contribution in [3.8, 4) is 0 Å². The van der Waals surface area contributed by atoms with Gasteiger partial charge in [-0.3, -0.25) is 4.79 Å². The van der Waals surface area contributed by atoms with Crippen LogP contribution in [0.25, 0.3) is 0 Å². The first kappa shape index (κ1) is 13.6. The predicted molar refractivity (Wildman–Crippen MR) is 78.2 cm³/mol. The average Bonchev–Trinajstić information content (AvgIpc) is 2.40. The highest BCUT2D eigenvalue weighted by Gasteiger charge is 2.16. The quantitative estimate of drug-likeness (QED) is 0.839. The van der Waals surface area contributed by atoms with Gasteiger partial charge in [-0.1, -0.05) is 17.7 Å². The van der Waals surface area contributed by atoms with Crippen LogP contribution < -0.4 is 11.1 Å². The van der Waals surface area contributed by atoms with Crippen molar-refractivity contribution in [1.82, 2.24) is 5.32 Å². The van der Waals surface area contributed by atoms with Gasteiger partial charge < -0.3 is 11.1 Å². The smallest absolute Gasteiger partial charge is 0.253 e. The molecule has 1 aromatic rings. The van der Waals surface area contributed by atoms with Crippen LogP contribution in [0.2, 0.25) is 5.02 Å². The Morgan fingerprint density at radius 3 is 2.89 bits per heavy atom. The number of nitrogen functional groups attached to an aromatic ring is 1. The number of nitrogens with two attached hydrogens (primary N) is 1. The third kappa shape index (κ3) is 3.33. The van der Waals surface area contributed by atoms with E-state index < -0.39 is 0 Å². The molecule has 1 aromatic carbocycles. The molecule has 5 heteroatoms. The summed E-state index contributed by atoms with van der Waals surface area (Å²) < 4.78 is 0. The minimum atomic E-state index is -0.131. The van der Waals surface area contributed by atoms with Crippen LogP contribution >= 0.6 is 23.4 Å². The number of nitrogens with one attached hydrogen (secondary N) is 1.